The van der Waals surface area contributed by atoms with E-state index in [1.165, 1.54) is 12.1 Å². The average Bonchev–Trinajstić information content (AvgIpc) is 2.20. The van der Waals surface area contributed by atoms with E-state index in [-0.39, 0.29) is 5.43 Å². The monoisotopic (exact) mass is 170 g/mol. The van der Waals surface area contributed by atoms with Crippen LogP contribution < -0.4 is 5.43 Å². The molecule has 1 aromatic carbocycles. The normalized spacial score (nSPS) is 9.85. The van der Waals surface area contributed by atoms with Gasteiger partial charge in [-0.25, -0.2) is 0 Å². The summed E-state index contributed by atoms with van der Waals surface area (Å²) < 4.78 is 1.88. The molecule has 0 fully saturated rings. The van der Waals surface area contributed by atoms with Crippen LogP contribution in [0.4, 0.5) is 0 Å². The molecule has 0 unspecified atom stereocenters. The first kappa shape index (κ1) is 7.80. The summed E-state index contributed by atoms with van der Waals surface area (Å²) in [7, 11) is 0. The Bertz CT molecular complexity index is 425. The largest absolute Gasteiger partial charge is 0.324 e. The van der Waals surface area contributed by atoms with Crippen LogP contribution in [-0.4, -0.2) is 4.57 Å². The van der Waals surface area contributed by atoms with E-state index in [4.69, 9.17) is 0 Å². The van der Waals surface area contributed by atoms with Crippen LogP contribution >= 0.6 is 0 Å². The predicted molar refractivity (Wildman–Crippen MR) is 50.9 cm³/mol. The smallest absolute Gasteiger partial charge is 0.181 e. The van der Waals surface area contributed by atoms with Gasteiger partial charge in [0.1, 0.15) is 0 Å². The van der Waals surface area contributed by atoms with Crippen molar-refractivity contribution >= 4 is 0 Å². The molecule has 1 radical (unpaired) electrons. The van der Waals surface area contributed by atoms with Gasteiger partial charge in [0, 0.05) is 30.2 Å². The molecule has 0 aliphatic heterocycles. The zero-order valence-corrected chi connectivity index (χ0v) is 6.97. The van der Waals surface area contributed by atoms with E-state index >= 15 is 0 Å². The van der Waals surface area contributed by atoms with Gasteiger partial charge in [0.2, 0.25) is 0 Å². The molecule has 63 valence electrons. The molecule has 1 heterocycles. The SMILES string of the molecule is O=c1ccn(-c2cc[c]cc2)cc1. The minimum absolute atomic E-state index is 0.0266. The van der Waals surface area contributed by atoms with Gasteiger partial charge in [-0.2, -0.15) is 0 Å². The van der Waals surface area contributed by atoms with Crippen LogP contribution in [0, 0.1) is 6.07 Å². The van der Waals surface area contributed by atoms with Crippen LogP contribution in [0.1, 0.15) is 0 Å². The Morgan fingerprint density at radius 2 is 1.62 bits per heavy atom. The highest BCUT2D eigenvalue weighted by Crippen LogP contribution is 2.03. The summed E-state index contributed by atoms with van der Waals surface area (Å²) in [6.45, 7) is 0. The lowest BCUT2D eigenvalue weighted by Gasteiger charge is -2.03. The molecular weight excluding hydrogens is 162 g/mol. The van der Waals surface area contributed by atoms with Gasteiger partial charge >= 0.3 is 0 Å². The van der Waals surface area contributed by atoms with Crippen molar-refractivity contribution in [3.05, 3.63) is 65.1 Å². The Labute approximate surface area is 76.1 Å². The van der Waals surface area contributed by atoms with Gasteiger partial charge in [-0.1, -0.05) is 12.1 Å². The number of rotatable bonds is 1. The van der Waals surface area contributed by atoms with Gasteiger partial charge in [0.05, 0.1) is 0 Å². The van der Waals surface area contributed by atoms with Gasteiger partial charge in [0.15, 0.2) is 5.43 Å². The third-order valence-electron chi connectivity index (χ3n) is 1.80. The highest BCUT2D eigenvalue weighted by molar-refractivity contribution is 5.30. The number of hydrogen-bond donors (Lipinski definition) is 0. The Morgan fingerprint density at radius 1 is 1.00 bits per heavy atom. The molecule has 2 nitrogen and oxygen atoms in total. The van der Waals surface area contributed by atoms with Gasteiger partial charge in [0.25, 0.3) is 0 Å². The Hall–Kier alpha value is -1.83. The van der Waals surface area contributed by atoms with Crippen LogP contribution in [-0.2, 0) is 0 Å². The maximum atomic E-state index is 10.8. The number of nitrogens with zero attached hydrogens (tertiary/aromatic N) is 1. The van der Waals surface area contributed by atoms with Gasteiger partial charge in [-0.05, 0) is 18.2 Å². The fourth-order valence-electron chi connectivity index (χ4n) is 1.14. The summed E-state index contributed by atoms with van der Waals surface area (Å²) >= 11 is 0. The molecule has 1 aromatic heterocycles. The first-order valence-corrected chi connectivity index (χ1v) is 4.01. The van der Waals surface area contributed by atoms with E-state index < -0.39 is 0 Å². The summed E-state index contributed by atoms with van der Waals surface area (Å²) in [5, 5.41) is 0. The lowest BCUT2D eigenvalue weighted by atomic mass is 10.3. The van der Waals surface area contributed by atoms with E-state index in [9.17, 15) is 4.79 Å². The van der Waals surface area contributed by atoms with Crippen molar-refractivity contribution in [2.24, 2.45) is 0 Å². The second kappa shape index (κ2) is 3.27. The number of pyridine rings is 1. The minimum atomic E-state index is 0.0266. The van der Waals surface area contributed by atoms with Crippen LogP contribution in [0.2, 0.25) is 0 Å². The summed E-state index contributed by atoms with van der Waals surface area (Å²) in [5.74, 6) is 0. The lowest BCUT2D eigenvalue weighted by Crippen LogP contribution is -2.01. The molecule has 0 atom stereocenters. The summed E-state index contributed by atoms with van der Waals surface area (Å²) in [6, 6.07) is 13.6. The maximum Gasteiger partial charge on any atom is 0.181 e. The van der Waals surface area contributed by atoms with Crippen molar-refractivity contribution in [1.82, 2.24) is 4.57 Å². The van der Waals surface area contributed by atoms with E-state index in [1.807, 2.05) is 28.8 Å². The molecule has 13 heavy (non-hydrogen) atoms. The van der Waals surface area contributed by atoms with Crippen LogP contribution in [0.15, 0.2) is 53.6 Å². The molecular formula is C11H8NO. The Morgan fingerprint density at radius 3 is 2.23 bits per heavy atom. The molecule has 0 saturated carbocycles. The van der Waals surface area contributed by atoms with E-state index in [0.29, 0.717) is 0 Å². The first-order valence-electron chi connectivity index (χ1n) is 4.01. The van der Waals surface area contributed by atoms with Gasteiger partial charge < -0.3 is 4.57 Å². The van der Waals surface area contributed by atoms with Crippen molar-refractivity contribution in [3.63, 3.8) is 0 Å². The van der Waals surface area contributed by atoms with Crippen molar-refractivity contribution in [3.8, 4) is 5.69 Å². The van der Waals surface area contributed by atoms with Gasteiger partial charge in [-0.3, -0.25) is 4.79 Å². The molecule has 0 saturated heterocycles. The summed E-state index contributed by atoms with van der Waals surface area (Å²) in [4.78, 5) is 10.8. The standard InChI is InChI=1S/C11H8NO/c13-11-6-8-12(9-7-11)10-4-2-1-3-5-10/h2-9H. The maximum absolute atomic E-state index is 10.8. The quantitative estimate of drug-likeness (QED) is 0.637. The Balaban J connectivity index is 2.48. The molecule has 2 rings (SSSR count). The van der Waals surface area contributed by atoms with Crippen LogP contribution in [0.3, 0.4) is 0 Å². The van der Waals surface area contributed by atoms with E-state index in [0.717, 1.165) is 5.69 Å². The summed E-state index contributed by atoms with van der Waals surface area (Å²) in [6.07, 6.45) is 3.50. The van der Waals surface area contributed by atoms with E-state index in [1.54, 1.807) is 12.4 Å². The molecule has 0 bridgehead atoms. The second-order valence-corrected chi connectivity index (χ2v) is 2.70. The van der Waals surface area contributed by atoms with Gasteiger partial charge in [-0.15, -0.1) is 0 Å². The van der Waals surface area contributed by atoms with Crippen LogP contribution in [0.25, 0.3) is 5.69 Å². The molecule has 0 amide bonds. The molecule has 0 aliphatic carbocycles. The predicted octanol–water partition coefficient (Wildman–Crippen LogP) is 1.64. The zero-order valence-electron chi connectivity index (χ0n) is 6.97. The number of aromatic nitrogens is 1. The average molecular weight is 170 g/mol. The van der Waals surface area contributed by atoms with E-state index in [2.05, 4.69) is 6.07 Å². The molecule has 0 aliphatic rings. The molecule has 2 aromatic rings. The fourth-order valence-corrected chi connectivity index (χ4v) is 1.14. The van der Waals surface area contributed by atoms with Crippen molar-refractivity contribution in [2.75, 3.05) is 0 Å². The number of benzene rings is 1. The van der Waals surface area contributed by atoms with Crippen molar-refractivity contribution in [1.29, 1.82) is 0 Å². The third-order valence-corrected chi connectivity index (χ3v) is 1.80. The zero-order chi connectivity index (χ0) is 9.10. The number of hydrogen-bond acceptors (Lipinski definition) is 1. The highest BCUT2D eigenvalue weighted by Gasteiger charge is 1.90. The molecule has 0 spiro atoms. The molecule has 2 heteroatoms. The highest BCUT2D eigenvalue weighted by atomic mass is 16.1. The third kappa shape index (κ3) is 1.67. The van der Waals surface area contributed by atoms with Crippen LogP contribution in [0.5, 0.6) is 0 Å². The Kier molecular flexibility index (Phi) is 1.96. The second-order valence-electron chi connectivity index (χ2n) is 2.70. The minimum Gasteiger partial charge on any atom is -0.324 e. The first-order chi connectivity index (χ1) is 6.36. The molecule has 0 N–H and O–H groups in total. The lowest BCUT2D eigenvalue weighted by molar-refractivity contribution is 1.04. The van der Waals surface area contributed by atoms with Crippen molar-refractivity contribution in [2.45, 2.75) is 0 Å². The topological polar surface area (TPSA) is 22.0 Å². The summed E-state index contributed by atoms with van der Waals surface area (Å²) in [5.41, 5.74) is 1.05. The fraction of sp³-hybridized carbons (Fsp3) is 0. The van der Waals surface area contributed by atoms with Crippen molar-refractivity contribution < 1.29 is 0 Å².